The first-order valence-corrected chi connectivity index (χ1v) is 9.63. The zero-order valence-corrected chi connectivity index (χ0v) is 16.4. The van der Waals surface area contributed by atoms with E-state index in [1.54, 1.807) is 60.7 Å². The van der Waals surface area contributed by atoms with Crippen LogP contribution >= 0.6 is 0 Å². The van der Waals surface area contributed by atoms with Crippen LogP contribution in [0.4, 0.5) is 16.2 Å². The summed E-state index contributed by atoms with van der Waals surface area (Å²) in [5, 5.41) is 8.31. The molecular weight excluding hydrogens is 378 g/mol. The van der Waals surface area contributed by atoms with Crippen LogP contribution < -0.4 is 16.0 Å². The number of Topliss-reactive ketones (excluding diaryl/α,β-unsaturated/α-hetero) is 1. The number of benzene rings is 3. The van der Waals surface area contributed by atoms with E-state index in [0.717, 1.165) is 5.56 Å². The lowest BCUT2D eigenvalue weighted by atomic mass is 9.84. The predicted molar refractivity (Wildman–Crippen MR) is 115 cm³/mol. The van der Waals surface area contributed by atoms with Crippen LogP contribution in [-0.2, 0) is 10.3 Å². The molecule has 0 saturated heterocycles. The Hall–Kier alpha value is -3.93. The number of aryl methyl sites for hydroxylation is 1. The first-order chi connectivity index (χ1) is 14.5. The number of amides is 3. The van der Waals surface area contributed by atoms with Crippen molar-refractivity contribution in [3.63, 3.8) is 0 Å². The molecule has 1 atom stereocenters. The van der Waals surface area contributed by atoms with Gasteiger partial charge in [0.2, 0.25) is 0 Å². The van der Waals surface area contributed by atoms with Crippen molar-refractivity contribution < 1.29 is 14.4 Å². The third-order valence-corrected chi connectivity index (χ3v) is 5.18. The second-order valence-electron chi connectivity index (χ2n) is 7.32. The molecule has 1 aliphatic heterocycles. The summed E-state index contributed by atoms with van der Waals surface area (Å²) in [4.78, 5) is 38.9. The minimum absolute atomic E-state index is 0.193. The Morgan fingerprint density at radius 3 is 2.30 bits per heavy atom. The Labute approximate surface area is 174 Å². The van der Waals surface area contributed by atoms with E-state index in [2.05, 4.69) is 16.0 Å². The fourth-order valence-corrected chi connectivity index (χ4v) is 3.62. The van der Waals surface area contributed by atoms with Crippen LogP contribution in [0.15, 0.2) is 78.9 Å². The second-order valence-corrected chi connectivity index (χ2v) is 7.32. The van der Waals surface area contributed by atoms with Crippen LogP contribution in [0.3, 0.4) is 0 Å². The Morgan fingerprint density at radius 1 is 0.900 bits per heavy atom. The van der Waals surface area contributed by atoms with Gasteiger partial charge in [-0.1, -0.05) is 66.2 Å². The lowest BCUT2D eigenvalue weighted by Crippen LogP contribution is -2.53. The molecule has 0 fully saturated rings. The minimum atomic E-state index is -1.50. The van der Waals surface area contributed by atoms with Crippen LogP contribution in [0.5, 0.6) is 0 Å². The highest BCUT2D eigenvalue weighted by atomic mass is 16.2. The summed E-state index contributed by atoms with van der Waals surface area (Å²) in [6.45, 7) is 1.95. The smallest absolute Gasteiger partial charge is 0.320 e. The van der Waals surface area contributed by atoms with Gasteiger partial charge in [-0.25, -0.2) is 4.79 Å². The van der Waals surface area contributed by atoms with Crippen LogP contribution in [0.25, 0.3) is 0 Å². The maximum Gasteiger partial charge on any atom is 0.320 e. The number of hydrogen-bond donors (Lipinski definition) is 3. The van der Waals surface area contributed by atoms with E-state index in [1.807, 2.05) is 25.1 Å². The standard InChI is InChI=1S/C24H21N3O3/c1-16-11-13-18(14-12-16)25-23(30)27-24(15-21(28)17-7-3-2-4-8-17)19-9-5-6-10-20(19)26-22(24)29/h2-14H,15H2,1H3,(H,26,29)(H2,25,27,30). The minimum Gasteiger partial charge on any atom is -0.323 e. The van der Waals surface area contributed by atoms with Crippen LogP contribution in [0.2, 0.25) is 0 Å². The van der Waals surface area contributed by atoms with Gasteiger partial charge in [0.05, 0.1) is 0 Å². The molecular formula is C24H21N3O3. The molecule has 1 unspecified atom stereocenters. The molecule has 0 bridgehead atoms. The number of hydrogen-bond acceptors (Lipinski definition) is 3. The van der Waals surface area contributed by atoms with Gasteiger partial charge in [0, 0.05) is 28.9 Å². The lowest BCUT2D eigenvalue weighted by Gasteiger charge is -2.28. The molecule has 0 saturated carbocycles. The molecule has 3 aromatic carbocycles. The summed E-state index contributed by atoms with van der Waals surface area (Å²) in [7, 11) is 0. The summed E-state index contributed by atoms with van der Waals surface area (Å²) in [5.74, 6) is -0.676. The molecule has 6 nitrogen and oxygen atoms in total. The van der Waals surface area contributed by atoms with Crippen molar-refractivity contribution >= 4 is 29.1 Å². The van der Waals surface area contributed by atoms with Gasteiger partial charge in [-0.2, -0.15) is 0 Å². The van der Waals surface area contributed by atoms with E-state index in [0.29, 0.717) is 22.5 Å². The molecule has 30 heavy (non-hydrogen) atoms. The molecule has 0 aliphatic carbocycles. The molecule has 1 heterocycles. The summed E-state index contributed by atoms with van der Waals surface area (Å²) in [6.07, 6.45) is -0.193. The summed E-state index contributed by atoms with van der Waals surface area (Å²) in [5.41, 5.74) is 1.79. The fraction of sp³-hybridized carbons (Fsp3) is 0.125. The molecule has 1 aliphatic rings. The van der Waals surface area contributed by atoms with Gasteiger partial charge in [-0.15, -0.1) is 0 Å². The molecule has 4 rings (SSSR count). The number of anilines is 2. The number of rotatable bonds is 5. The first-order valence-electron chi connectivity index (χ1n) is 9.63. The third-order valence-electron chi connectivity index (χ3n) is 5.18. The van der Waals surface area contributed by atoms with Gasteiger partial charge in [0.25, 0.3) is 5.91 Å². The largest absolute Gasteiger partial charge is 0.323 e. The monoisotopic (exact) mass is 399 g/mol. The fourth-order valence-electron chi connectivity index (χ4n) is 3.62. The number of urea groups is 1. The van der Waals surface area contributed by atoms with E-state index in [-0.39, 0.29) is 12.2 Å². The predicted octanol–water partition coefficient (Wildman–Crippen LogP) is 4.24. The molecule has 6 heteroatoms. The van der Waals surface area contributed by atoms with Gasteiger partial charge < -0.3 is 16.0 Å². The van der Waals surface area contributed by atoms with Gasteiger partial charge in [-0.05, 0) is 25.1 Å². The lowest BCUT2D eigenvalue weighted by molar-refractivity contribution is -0.121. The molecule has 0 spiro atoms. The number of nitrogens with one attached hydrogen (secondary N) is 3. The number of ketones is 1. The van der Waals surface area contributed by atoms with Crippen molar-refractivity contribution in [1.82, 2.24) is 5.32 Å². The van der Waals surface area contributed by atoms with E-state index in [9.17, 15) is 14.4 Å². The van der Waals surface area contributed by atoms with Crippen molar-refractivity contribution in [3.05, 3.63) is 95.6 Å². The molecule has 0 radical (unpaired) electrons. The van der Waals surface area contributed by atoms with Gasteiger partial charge >= 0.3 is 6.03 Å². The Bertz CT molecular complexity index is 1110. The van der Waals surface area contributed by atoms with Gasteiger partial charge in [0.1, 0.15) is 0 Å². The Balaban J connectivity index is 1.66. The number of fused-ring (bicyclic) bond motifs is 1. The SMILES string of the molecule is Cc1ccc(NC(=O)NC2(CC(=O)c3ccccc3)C(=O)Nc3ccccc32)cc1. The van der Waals surface area contributed by atoms with Crippen LogP contribution in [-0.4, -0.2) is 17.7 Å². The first kappa shape index (κ1) is 19.4. The third kappa shape index (κ3) is 3.67. The zero-order chi connectivity index (χ0) is 21.1. The normalized spacial score (nSPS) is 17.0. The maximum absolute atomic E-state index is 13.0. The molecule has 3 N–H and O–H groups in total. The average Bonchev–Trinajstić information content (AvgIpc) is 3.01. The van der Waals surface area contributed by atoms with E-state index < -0.39 is 17.5 Å². The summed E-state index contributed by atoms with van der Waals surface area (Å²) in [6, 6.07) is 22.6. The zero-order valence-electron chi connectivity index (χ0n) is 16.4. The number of carbonyl (C=O) groups is 3. The van der Waals surface area contributed by atoms with E-state index >= 15 is 0 Å². The Morgan fingerprint density at radius 2 is 1.57 bits per heavy atom. The second kappa shape index (κ2) is 7.83. The van der Waals surface area contributed by atoms with Crippen molar-refractivity contribution in [1.29, 1.82) is 0 Å². The van der Waals surface area contributed by atoms with E-state index in [1.165, 1.54) is 0 Å². The van der Waals surface area contributed by atoms with Crippen molar-refractivity contribution in [2.24, 2.45) is 0 Å². The van der Waals surface area contributed by atoms with E-state index in [4.69, 9.17) is 0 Å². The highest BCUT2D eigenvalue weighted by molar-refractivity contribution is 6.12. The average molecular weight is 399 g/mol. The molecule has 150 valence electrons. The van der Waals surface area contributed by atoms with Crippen molar-refractivity contribution in [3.8, 4) is 0 Å². The van der Waals surface area contributed by atoms with Crippen LogP contribution in [0.1, 0.15) is 27.9 Å². The molecule has 3 aromatic rings. The van der Waals surface area contributed by atoms with Gasteiger partial charge in [0.15, 0.2) is 11.3 Å². The van der Waals surface area contributed by atoms with Crippen LogP contribution in [0, 0.1) is 6.92 Å². The Kier molecular flexibility index (Phi) is 5.06. The quantitative estimate of drug-likeness (QED) is 0.561. The summed E-state index contributed by atoms with van der Waals surface area (Å²) >= 11 is 0. The van der Waals surface area contributed by atoms with Gasteiger partial charge in [-0.3, -0.25) is 9.59 Å². The highest BCUT2D eigenvalue weighted by Gasteiger charge is 2.49. The summed E-state index contributed by atoms with van der Waals surface area (Å²) < 4.78 is 0. The topological polar surface area (TPSA) is 87.3 Å². The van der Waals surface area contributed by atoms with Crippen molar-refractivity contribution in [2.45, 2.75) is 18.9 Å². The maximum atomic E-state index is 13.0. The van der Waals surface area contributed by atoms with Crippen molar-refractivity contribution in [2.75, 3.05) is 10.6 Å². The number of para-hydroxylation sites is 1. The molecule has 0 aromatic heterocycles. The highest BCUT2D eigenvalue weighted by Crippen LogP contribution is 2.39. The molecule has 3 amide bonds. The number of carbonyl (C=O) groups excluding carboxylic acids is 3.